The number of nitrogen functional groups attached to an aromatic ring is 1. The monoisotopic (exact) mass is 347 g/mol. The molecule has 2 N–H and O–H groups in total. The minimum absolute atomic E-state index is 0.107. The normalized spacial score (nSPS) is 10.1. The lowest BCUT2D eigenvalue weighted by atomic mass is 10.3. The zero-order chi connectivity index (χ0) is 11.5. The Morgan fingerprint density at radius 2 is 2.06 bits per heavy atom. The summed E-state index contributed by atoms with van der Waals surface area (Å²) < 4.78 is 6.52. The largest absolute Gasteiger partial charge is 0.436 e. The van der Waals surface area contributed by atoms with E-state index in [2.05, 4.69) is 32.6 Å². The van der Waals surface area contributed by atoms with E-state index in [-0.39, 0.29) is 11.2 Å². The molecule has 1 aromatic heterocycles. The van der Waals surface area contributed by atoms with Crippen molar-refractivity contribution in [2.45, 2.75) is 0 Å². The van der Waals surface area contributed by atoms with E-state index in [0.717, 1.165) is 3.57 Å². The molecule has 0 aliphatic rings. The molecule has 0 fully saturated rings. The van der Waals surface area contributed by atoms with Crippen LogP contribution in [0.25, 0.3) is 0 Å². The van der Waals surface area contributed by atoms with Crippen LogP contribution in [0.3, 0.4) is 0 Å². The molecule has 4 nitrogen and oxygen atoms in total. The van der Waals surface area contributed by atoms with Crippen LogP contribution < -0.4 is 10.5 Å². The first-order valence-corrected chi connectivity index (χ1v) is 5.83. The molecule has 0 saturated carbocycles. The molecule has 1 heterocycles. The van der Waals surface area contributed by atoms with Crippen molar-refractivity contribution in [3.05, 3.63) is 39.3 Å². The Bertz CT molecular complexity index is 521. The van der Waals surface area contributed by atoms with Crippen LogP contribution in [0.2, 0.25) is 5.28 Å². The number of hydrogen-bond acceptors (Lipinski definition) is 4. The summed E-state index contributed by atoms with van der Waals surface area (Å²) in [6, 6.07) is 7.55. The van der Waals surface area contributed by atoms with Crippen LogP contribution in [0.4, 0.5) is 5.69 Å². The maximum absolute atomic E-state index is 5.68. The number of hydrogen-bond donors (Lipinski definition) is 1. The number of anilines is 1. The molecule has 6 heteroatoms. The third kappa shape index (κ3) is 2.53. The second-order valence-corrected chi connectivity index (χ2v) is 4.43. The Balaban J connectivity index is 2.34. The second kappa shape index (κ2) is 4.84. The topological polar surface area (TPSA) is 61.0 Å². The van der Waals surface area contributed by atoms with Gasteiger partial charge in [0.25, 0.3) is 0 Å². The zero-order valence-corrected chi connectivity index (χ0v) is 10.9. The Morgan fingerprint density at radius 1 is 1.31 bits per heavy atom. The standard InChI is InChI=1S/C10H7ClIN3O/c11-10-14-5-7(13)9(15-10)16-8-4-2-1-3-6(8)12/h1-5H,13H2. The number of nitrogens with zero attached hydrogens (tertiary/aromatic N) is 2. The molecule has 1 aromatic carbocycles. The highest BCUT2D eigenvalue weighted by atomic mass is 127. The van der Waals surface area contributed by atoms with Gasteiger partial charge in [-0.3, -0.25) is 0 Å². The lowest BCUT2D eigenvalue weighted by Gasteiger charge is -2.08. The molecule has 0 aliphatic carbocycles. The maximum atomic E-state index is 5.68. The summed E-state index contributed by atoms with van der Waals surface area (Å²) in [5.41, 5.74) is 6.03. The summed E-state index contributed by atoms with van der Waals surface area (Å²) in [5, 5.41) is 0.107. The molecular weight excluding hydrogens is 340 g/mol. The Kier molecular flexibility index (Phi) is 3.45. The first kappa shape index (κ1) is 11.4. The minimum atomic E-state index is 0.107. The lowest BCUT2D eigenvalue weighted by molar-refractivity contribution is 0.461. The predicted octanol–water partition coefficient (Wildman–Crippen LogP) is 3.11. The van der Waals surface area contributed by atoms with Crippen LogP contribution in [-0.2, 0) is 0 Å². The Labute approximate surface area is 111 Å². The highest BCUT2D eigenvalue weighted by Gasteiger charge is 2.07. The van der Waals surface area contributed by atoms with Gasteiger partial charge in [-0.15, -0.1) is 0 Å². The molecule has 0 bridgehead atoms. The van der Waals surface area contributed by atoms with Crippen molar-refractivity contribution in [1.82, 2.24) is 9.97 Å². The smallest absolute Gasteiger partial charge is 0.247 e. The molecule has 0 unspecified atom stereocenters. The van der Waals surface area contributed by atoms with Crippen LogP contribution in [0.1, 0.15) is 0 Å². The molecule has 82 valence electrons. The molecule has 0 saturated heterocycles. The highest BCUT2D eigenvalue weighted by molar-refractivity contribution is 14.1. The summed E-state index contributed by atoms with van der Waals surface area (Å²) in [6.45, 7) is 0. The van der Waals surface area contributed by atoms with E-state index < -0.39 is 0 Å². The Hall–Kier alpha value is -1.08. The van der Waals surface area contributed by atoms with Crippen molar-refractivity contribution < 1.29 is 4.74 Å². The van der Waals surface area contributed by atoms with Gasteiger partial charge in [-0.05, 0) is 46.3 Å². The molecule has 0 aliphatic heterocycles. The number of ether oxygens (including phenoxy) is 1. The van der Waals surface area contributed by atoms with Gasteiger partial charge in [0, 0.05) is 0 Å². The third-order valence-electron chi connectivity index (χ3n) is 1.79. The molecular formula is C10H7ClIN3O. The molecule has 0 radical (unpaired) electrons. The minimum Gasteiger partial charge on any atom is -0.436 e. The number of para-hydroxylation sites is 1. The SMILES string of the molecule is Nc1cnc(Cl)nc1Oc1ccccc1I. The summed E-state index contributed by atoms with van der Waals surface area (Å²) >= 11 is 7.83. The molecule has 2 rings (SSSR count). The summed E-state index contributed by atoms with van der Waals surface area (Å²) in [6.07, 6.45) is 1.42. The van der Waals surface area contributed by atoms with Crippen molar-refractivity contribution in [2.75, 3.05) is 5.73 Å². The highest BCUT2D eigenvalue weighted by Crippen LogP contribution is 2.28. The molecule has 16 heavy (non-hydrogen) atoms. The third-order valence-corrected chi connectivity index (χ3v) is 2.87. The number of nitrogens with two attached hydrogens (primary N) is 1. The number of rotatable bonds is 2. The van der Waals surface area contributed by atoms with Gasteiger partial charge < -0.3 is 10.5 Å². The maximum Gasteiger partial charge on any atom is 0.247 e. The van der Waals surface area contributed by atoms with Gasteiger partial charge in [-0.2, -0.15) is 4.98 Å². The van der Waals surface area contributed by atoms with E-state index in [1.165, 1.54) is 6.20 Å². The van der Waals surface area contributed by atoms with Crippen molar-refractivity contribution in [3.8, 4) is 11.6 Å². The number of halogens is 2. The van der Waals surface area contributed by atoms with Gasteiger partial charge in [-0.25, -0.2) is 4.98 Å². The van der Waals surface area contributed by atoms with Gasteiger partial charge in [-0.1, -0.05) is 12.1 Å². The fourth-order valence-electron chi connectivity index (χ4n) is 1.07. The van der Waals surface area contributed by atoms with Crippen molar-refractivity contribution in [1.29, 1.82) is 0 Å². The van der Waals surface area contributed by atoms with Crippen molar-refractivity contribution in [3.63, 3.8) is 0 Å². The predicted molar refractivity (Wildman–Crippen MR) is 70.7 cm³/mol. The number of aromatic nitrogens is 2. The molecule has 2 aromatic rings. The van der Waals surface area contributed by atoms with Gasteiger partial charge in [0.05, 0.1) is 9.77 Å². The van der Waals surface area contributed by atoms with E-state index in [9.17, 15) is 0 Å². The van der Waals surface area contributed by atoms with Gasteiger partial charge in [0.1, 0.15) is 11.4 Å². The van der Waals surface area contributed by atoms with Crippen molar-refractivity contribution >= 4 is 39.9 Å². The van der Waals surface area contributed by atoms with Gasteiger partial charge in [0.2, 0.25) is 11.2 Å². The summed E-state index contributed by atoms with van der Waals surface area (Å²) in [4.78, 5) is 7.66. The lowest BCUT2D eigenvalue weighted by Crippen LogP contribution is -1.97. The van der Waals surface area contributed by atoms with Crippen LogP contribution >= 0.6 is 34.2 Å². The molecule has 0 spiro atoms. The van der Waals surface area contributed by atoms with Crippen molar-refractivity contribution in [2.24, 2.45) is 0 Å². The van der Waals surface area contributed by atoms with Crippen LogP contribution in [0, 0.1) is 3.57 Å². The van der Waals surface area contributed by atoms with E-state index >= 15 is 0 Å². The van der Waals surface area contributed by atoms with E-state index in [1.54, 1.807) is 0 Å². The second-order valence-electron chi connectivity index (χ2n) is 2.93. The fourth-order valence-corrected chi connectivity index (χ4v) is 1.69. The van der Waals surface area contributed by atoms with Crippen LogP contribution in [0.5, 0.6) is 11.6 Å². The van der Waals surface area contributed by atoms with E-state index in [0.29, 0.717) is 11.4 Å². The van der Waals surface area contributed by atoms with Crippen LogP contribution in [0.15, 0.2) is 30.5 Å². The van der Waals surface area contributed by atoms with E-state index in [1.807, 2.05) is 24.3 Å². The van der Waals surface area contributed by atoms with Gasteiger partial charge in [0.15, 0.2) is 0 Å². The summed E-state index contributed by atoms with van der Waals surface area (Å²) in [7, 11) is 0. The molecule has 0 amide bonds. The number of benzene rings is 1. The average Bonchev–Trinajstić information content (AvgIpc) is 2.27. The fraction of sp³-hybridized carbons (Fsp3) is 0. The quantitative estimate of drug-likeness (QED) is 0.670. The first-order chi connectivity index (χ1) is 7.66. The zero-order valence-electron chi connectivity index (χ0n) is 8.02. The average molecular weight is 348 g/mol. The first-order valence-electron chi connectivity index (χ1n) is 4.37. The molecule has 0 atom stereocenters. The summed E-state index contributed by atoms with van der Waals surface area (Å²) in [5.74, 6) is 0.952. The van der Waals surface area contributed by atoms with Gasteiger partial charge >= 0.3 is 0 Å². The Morgan fingerprint density at radius 3 is 2.81 bits per heavy atom. The van der Waals surface area contributed by atoms with Crippen LogP contribution in [-0.4, -0.2) is 9.97 Å². The van der Waals surface area contributed by atoms with E-state index in [4.69, 9.17) is 22.1 Å².